The summed E-state index contributed by atoms with van der Waals surface area (Å²) in [4.78, 5) is 6.83. The molecule has 4 heterocycles. The molecule has 3 fully saturated rings. The Labute approximate surface area is 155 Å². The fraction of sp³-hybridized carbons (Fsp3) is 0.526. The zero-order valence-electron chi connectivity index (χ0n) is 13.9. The summed E-state index contributed by atoms with van der Waals surface area (Å²) in [7, 11) is 0. The molecule has 1 aromatic heterocycles. The quantitative estimate of drug-likeness (QED) is 0.721. The van der Waals surface area contributed by atoms with Gasteiger partial charge < -0.3 is 0 Å². The lowest BCUT2D eigenvalue weighted by atomic mass is 9.83. The summed E-state index contributed by atoms with van der Waals surface area (Å²) in [6.07, 6.45) is 4.10. The lowest BCUT2D eigenvalue weighted by Gasteiger charge is -2.37. The Morgan fingerprint density at radius 1 is 1.21 bits per heavy atom. The Hall–Kier alpha value is -0.900. The predicted molar refractivity (Wildman–Crippen MR) is 102 cm³/mol. The average Bonchev–Trinajstić information content (AvgIpc) is 2.79. The van der Waals surface area contributed by atoms with Crippen molar-refractivity contribution in [2.45, 2.75) is 38.4 Å². The molecule has 3 saturated heterocycles. The van der Waals surface area contributed by atoms with Gasteiger partial charge in [-0.05, 0) is 48.9 Å². The number of para-hydroxylation sites is 1. The summed E-state index contributed by atoms with van der Waals surface area (Å²) in [6, 6.07) is 10.1. The molecule has 2 bridgehead atoms. The maximum absolute atomic E-state index is 15.1. The Balaban J connectivity index is 0.00000104. The molecule has 1 aromatic carbocycles. The summed E-state index contributed by atoms with van der Waals surface area (Å²) in [6.45, 7) is 4.32. The van der Waals surface area contributed by atoms with Crippen LogP contribution in [0.5, 0.6) is 0 Å². The number of benzene rings is 1. The van der Waals surface area contributed by atoms with Gasteiger partial charge in [0.25, 0.3) is 0 Å². The van der Waals surface area contributed by atoms with Crippen molar-refractivity contribution in [3.63, 3.8) is 0 Å². The number of alkyl halides is 1. The molecule has 5 atom stereocenters. The summed E-state index contributed by atoms with van der Waals surface area (Å²) in [5.41, 5.74) is 2.09. The molecule has 3 aliphatic heterocycles. The third-order valence-electron chi connectivity index (χ3n) is 5.71. The number of rotatable bonds is 2. The molecule has 0 spiro atoms. The minimum atomic E-state index is -0.769. The number of fused-ring (bicyclic) bond motifs is 5. The SMILES string of the molecule is CC[C@H]1CN2CC[C@H]1C[C@@H](F)[C@@H]2c1ccnc2ccccc12.Cl.Cl. The fourth-order valence-corrected chi connectivity index (χ4v) is 4.55. The Bertz CT molecular complexity index is 676. The zero-order chi connectivity index (χ0) is 15.1. The van der Waals surface area contributed by atoms with Crippen LogP contribution in [-0.4, -0.2) is 29.1 Å². The van der Waals surface area contributed by atoms with Gasteiger partial charge in [0.05, 0.1) is 11.6 Å². The van der Waals surface area contributed by atoms with E-state index in [-0.39, 0.29) is 30.9 Å². The molecule has 3 aliphatic rings. The maximum Gasteiger partial charge on any atom is 0.120 e. The van der Waals surface area contributed by atoms with E-state index in [1.54, 1.807) is 0 Å². The van der Waals surface area contributed by atoms with Crippen LogP contribution in [0.15, 0.2) is 36.5 Å². The van der Waals surface area contributed by atoms with Crippen LogP contribution in [0.2, 0.25) is 0 Å². The standard InChI is InChI=1S/C19H23FN2.2ClH/c1-2-13-12-22-10-8-14(13)11-17(20)19(22)16-7-9-21-18-6-4-3-5-15(16)18;;/h3-7,9,13-14,17,19H,2,8,10-12H2,1H3;2*1H/t13-,14-,17+,19-;;/m0../s1. The van der Waals surface area contributed by atoms with Gasteiger partial charge in [-0.1, -0.05) is 31.5 Å². The van der Waals surface area contributed by atoms with Crippen molar-refractivity contribution < 1.29 is 4.39 Å². The van der Waals surface area contributed by atoms with Crippen molar-refractivity contribution in [1.29, 1.82) is 0 Å². The van der Waals surface area contributed by atoms with Crippen molar-refractivity contribution in [3.8, 4) is 0 Å². The number of pyridine rings is 1. The monoisotopic (exact) mass is 370 g/mol. The van der Waals surface area contributed by atoms with E-state index in [0.717, 1.165) is 48.8 Å². The third-order valence-corrected chi connectivity index (χ3v) is 5.71. The minimum Gasteiger partial charge on any atom is -0.293 e. The highest BCUT2D eigenvalue weighted by Crippen LogP contribution is 2.44. The Morgan fingerprint density at radius 2 is 2.00 bits per heavy atom. The first kappa shape index (κ1) is 19.4. The van der Waals surface area contributed by atoms with E-state index in [2.05, 4.69) is 22.9 Å². The van der Waals surface area contributed by atoms with E-state index >= 15 is 4.39 Å². The zero-order valence-corrected chi connectivity index (χ0v) is 15.5. The van der Waals surface area contributed by atoms with Crippen LogP contribution < -0.4 is 0 Å². The van der Waals surface area contributed by atoms with Crippen LogP contribution in [0.4, 0.5) is 4.39 Å². The van der Waals surface area contributed by atoms with Crippen LogP contribution in [0.3, 0.4) is 0 Å². The van der Waals surface area contributed by atoms with Crippen LogP contribution in [0.25, 0.3) is 10.9 Å². The number of aromatic nitrogens is 1. The largest absolute Gasteiger partial charge is 0.293 e. The van der Waals surface area contributed by atoms with Crippen LogP contribution in [0.1, 0.15) is 37.8 Å². The smallest absolute Gasteiger partial charge is 0.120 e. The summed E-state index contributed by atoms with van der Waals surface area (Å²) in [5.74, 6) is 1.22. The van der Waals surface area contributed by atoms with Gasteiger partial charge in [0.1, 0.15) is 6.17 Å². The van der Waals surface area contributed by atoms with E-state index in [4.69, 9.17) is 0 Å². The Morgan fingerprint density at radius 3 is 2.79 bits per heavy atom. The predicted octanol–water partition coefficient (Wildman–Crippen LogP) is 5.21. The van der Waals surface area contributed by atoms with E-state index < -0.39 is 6.17 Å². The van der Waals surface area contributed by atoms with E-state index in [9.17, 15) is 0 Å². The van der Waals surface area contributed by atoms with Crippen molar-refractivity contribution in [2.24, 2.45) is 11.8 Å². The van der Waals surface area contributed by atoms with Crippen LogP contribution in [0, 0.1) is 11.8 Å². The number of hydrogen-bond donors (Lipinski definition) is 0. The summed E-state index contributed by atoms with van der Waals surface area (Å²) in [5, 5.41) is 1.11. The average molecular weight is 371 g/mol. The van der Waals surface area contributed by atoms with E-state index in [0.29, 0.717) is 11.8 Å². The fourth-order valence-electron chi connectivity index (χ4n) is 4.55. The van der Waals surface area contributed by atoms with Crippen molar-refractivity contribution in [1.82, 2.24) is 9.88 Å². The first-order valence-corrected chi connectivity index (χ1v) is 8.49. The van der Waals surface area contributed by atoms with Gasteiger partial charge in [0.15, 0.2) is 0 Å². The van der Waals surface area contributed by atoms with Gasteiger partial charge in [-0.2, -0.15) is 0 Å². The first-order valence-electron chi connectivity index (χ1n) is 8.49. The van der Waals surface area contributed by atoms with Gasteiger partial charge in [0.2, 0.25) is 0 Å². The van der Waals surface area contributed by atoms with Crippen molar-refractivity contribution >= 4 is 35.7 Å². The van der Waals surface area contributed by atoms with E-state index in [1.165, 1.54) is 0 Å². The number of piperidine rings is 1. The van der Waals surface area contributed by atoms with Crippen LogP contribution >= 0.6 is 24.8 Å². The molecule has 5 rings (SSSR count). The molecule has 0 amide bonds. The number of hydrogen-bond acceptors (Lipinski definition) is 2. The molecular formula is C19H25Cl2FN2. The summed E-state index contributed by atoms with van der Waals surface area (Å²) >= 11 is 0. The molecular weight excluding hydrogens is 346 g/mol. The lowest BCUT2D eigenvalue weighted by molar-refractivity contribution is 0.0997. The molecule has 24 heavy (non-hydrogen) atoms. The first-order chi connectivity index (χ1) is 10.8. The number of halogens is 3. The second-order valence-corrected chi connectivity index (χ2v) is 6.83. The highest BCUT2D eigenvalue weighted by Gasteiger charge is 2.42. The highest BCUT2D eigenvalue weighted by atomic mass is 35.5. The lowest BCUT2D eigenvalue weighted by Crippen LogP contribution is -2.39. The van der Waals surface area contributed by atoms with Gasteiger partial charge >= 0.3 is 0 Å². The molecule has 132 valence electrons. The molecule has 2 aromatic rings. The number of nitrogens with zero attached hydrogens (tertiary/aromatic N) is 2. The van der Waals surface area contributed by atoms with E-state index in [1.807, 2.05) is 30.5 Å². The maximum atomic E-state index is 15.1. The molecule has 0 saturated carbocycles. The molecule has 1 unspecified atom stereocenters. The van der Waals surface area contributed by atoms with Gasteiger partial charge in [-0.25, -0.2) is 4.39 Å². The normalized spacial score (nSPS) is 31.8. The second-order valence-electron chi connectivity index (χ2n) is 6.83. The molecule has 0 N–H and O–H groups in total. The molecule has 0 aliphatic carbocycles. The van der Waals surface area contributed by atoms with Crippen molar-refractivity contribution in [3.05, 3.63) is 42.1 Å². The van der Waals surface area contributed by atoms with Gasteiger partial charge in [-0.3, -0.25) is 9.88 Å². The minimum absolute atomic E-state index is 0. The van der Waals surface area contributed by atoms with Gasteiger partial charge in [0, 0.05) is 18.1 Å². The highest BCUT2D eigenvalue weighted by molar-refractivity contribution is 5.85. The van der Waals surface area contributed by atoms with Crippen molar-refractivity contribution in [2.75, 3.05) is 13.1 Å². The molecule has 5 heteroatoms. The van der Waals surface area contributed by atoms with Gasteiger partial charge in [-0.15, -0.1) is 24.8 Å². The second kappa shape index (κ2) is 7.99. The third kappa shape index (κ3) is 3.26. The Kier molecular flexibility index (Phi) is 6.46. The summed E-state index contributed by atoms with van der Waals surface area (Å²) < 4.78 is 15.1. The molecule has 0 radical (unpaired) electrons. The topological polar surface area (TPSA) is 16.1 Å². The van der Waals surface area contributed by atoms with Crippen LogP contribution in [-0.2, 0) is 0 Å². The molecule has 2 nitrogen and oxygen atoms in total.